The van der Waals surface area contributed by atoms with Crippen LogP contribution in [0.25, 0.3) is 10.8 Å². The van der Waals surface area contributed by atoms with Gasteiger partial charge in [-0.05, 0) is 35.4 Å². The van der Waals surface area contributed by atoms with Gasteiger partial charge in [-0.1, -0.05) is 60.1 Å². The van der Waals surface area contributed by atoms with Crippen molar-refractivity contribution in [2.24, 2.45) is 0 Å². The Morgan fingerprint density at radius 1 is 0.952 bits per heavy atom. The van der Waals surface area contributed by atoms with Crippen molar-refractivity contribution in [2.45, 2.75) is 12.8 Å². The Labute approximate surface area is 128 Å². The molecule has 4 rings (SSSR count). The number of rotatable bonds is 2. The molecule has 0 radical (unpaired) electrons. The van der Waals surface area contributed by atoms with Gasteiger partial charge < -0.3 is 0 Å². The SMILES string of the molecule is O=C(c1ccccc1)c1cc(Cl)c2cccc3c2c1CC3. The molecule has 21 heavy (non-hydrogen) atoms. The fraction of sp³-hybridized carbons (Fsp3) is 0.105. The Morgan fingerprint density at radius 3 is 2.57 bits per heavy atom. The predicted molar refractivity (Wildman–Crippen MR) is 86.2 cm³/mol. The number of carbonyl (C=O) groups is 1. The van der Waals surface area contributed by atoms with E-state index in [-0.39, 0.29) is 5.78 Å². The molecule has 3 aromatic rings. The van der Waals surface area contributed by atoms with Gasteiger partial charge in [0.05, 0.1) is 0 Å². The first-order valence-corrected chi connectivity index (χ1v) is 7.46. The third kappa shape index (κ3) is 1.89. The van der Waals surface area contributed by atoms with Crippen LogP contribution in [0.5, 0.6) is 0 Å². The minimum absolute atomic E-state index is 0.0612. The first-order valence-electron chi connectivity index (χ1n) is 7.08. The zero-order chi connectivity index (χ0) is 14.4. The van der Waals surface area contributed by atoms with E-state index in [4.69, 9.17) is 11.6 Å². The lowest BCUT2D eigenvalue weighted by molar-refractivity contribution is 0.103. The van der Waals surface area contributed by atoms with Gasteiger partial charge in [0, 0.05) is 21.5 Å². The molecule has 0 fully saturated rings. The van der Waals surface area contributed by atoms with Crippen molar-refractivity contribution in [1.82, 2.24) is 0 Å². The molecule has 0 aromatic heterocycles. The molecule has 0 saturated heterocycles. The Balaban J connectivity index is 1.99. The molecule has 0 heterocycles. The molecule has 3 aromatic carbocycles. The van der Waals surface area contributed by atoms with E-state index in [0.29, 0.717) is 10.6 Å². The highest BCUT2D eigenvalue weighted by Gasteiger charge is 2.23. The predicted octanol–water partition coefficient (Wildman–Crippen LogP) is 4.82. The number of halogens is 1. The summed E-state index contributed by atoms with van der Waals surface area (Å²) in [6.45, 7) is 0. The summed E-state index contributed by atoms with van der Waals surface area (Å²) >= 11 is 6.41. The third-order valence-electron chi connectivity index (χ3n) is 4.23. The van der Waals surface area contributed by atoms with Crippen LogP contribution in [0.1, 0.15) is 27.0 Å². The summed E-state index contributed by atoms with van der Waals surface area (Å²) in [5.41, 5.74) is 3.92. The van der Waals surface area contributed by atoms with Crippen LogP contribution in [-0.2, 0) is 12.8 Å². The Bertz CT molecular complexity index is 866. The van der Waals surface area contributed by atoms with Crippen molar-refractivity contribution in [3.8, 4) is 0 Å². The van der Waals surface area contributed by atoms with Crippen LogP contribution in [0.2, 0.25) is 5.02 Å². The maximum Gasteiger partial charge on any atom is 0.193 e. The quantitative estimate of drug-likeness (QED) is 0.619. The molecular formula is C19H13ClO. The van der Waals surface area contributed by atoms with Crippen LogP contribution in [0.4, 0.5) is 0 Å². The third-order valence-corrected chi connectivity index (χ3v) is 4.54. The average Bonchev–Trinajstić information content (AvgIpc) is 2.96. The summed E-state index contributed by atoms with van der Waals surface area (Å²) < 4.78 is 0. The van der Waals surface area contributed by atoms with Crippen molar-refractivity contribution in [1.29, 1.82) is 0 Å². The Hall–Kier alpha value is -2.12. The lowest BCUT2D eigenvalue weighted by atomic mass is 9.94. The Kier molecular flexibility index (Phi) is 2.83. The normalized spacial score (nSPS) is 12.8. The van der Waals surface area contributed by atoms with Gasteiger partial charge in [-0.25, -0.2) is 0 Å². The smallest absolute Gasteiger partial charge is 0.193 e. The lowest BCUT2D eigenvalue weighted by Gasteiger charge is -2.10. The van der Waals surface area contributed by atoms with Crippen molar-refractivity contribution < 1.29 is 4.79 Å². The van der Waals surface area contributed by atoms with E-state index in [1.165, 1.54) is 10.9 Å². The highest BCUT2D eigenvalue weighted by Crippen LogP contribution is 2.38. The second-order valence-corrected chi connectivity index (χ2v) is 5.83. The van der Waals surface area contributed by atoms with E-state index in [2.05, 4.69) is 6.07 Å². The van der Waals surface area contributed by atoms with Crippen LogP contribution in [0.15, 0.2) is 54.6 Å². The van der Waals surface area contributed by atoms with Crippen LogP contribution in [-0.4, -0.2) is 5.78 Å². The monoisotopic (exact) mass is 292 g/mol. The minimum atomic E-state index is 0.0612. The van der Waals surface area contributed by atoms with E-state index in [1.807, 2.05) is 48.5 Å². The summed E-state index contributed by atoms with van der Waals surface area (Å²) in [7, 11) is 0. The summed E-state index contributed by atoms with van der Waals surface area (Å²) in [6.07, 6.45) is 1.91. The first kappa shape index (κ1) is 12.6. The van der Waals surface area contributed by atoms with E-state index in [0.717, 1.165) is 29.4 Å². The first-order chi connectivity index (χ1) is 10.3. The van der Waals surface area contributed by atoms with E-state index >= 15 is 0 Å². The summed E-state index contributed by atoms with van der Waals surface area (Å²) in [5, 5.41) is 2.91. The number of hydrogen-bond donors (Lipinski definition) is 0. The van der Waals surface area contributed by atoms with E-state index in [1.54, 1.807) is 0 Å². The second kappa shape index (κ2) is 4.71. The zero-order valence-corrected chi connectivity index (χ0v) is 12.2. The van der Waals surface area contributed by atoms with Gasteiger partial charge in [-0.15, -0.1) is 0 Å². The molecular weight excluding hydrogens is 280 g/mol. The molecule has 0 unspecified atom stereocenters. The highest BCUT2D eigenvalue weighted by molar-refractivity contribution is 6.36. The van der Waals surface area contributed by atoms with Crippen LogP contribution in [0, 0.1) is 0 Å². The van der Waals surface area contributed by atoms with E-state index < -0.39 is 0 Å². The van der Waals surface area contributed by atoms with E-state index in [9.17, 15) is 4.79 Å². The molecule has 1 aliphatic rings. The number of carbonyl (C=O) groups excluding carboxylic acids is 1. The summed E-state index contributed by atoms with van der Waals surface area (Å²) in [4.78, 5) is 12.8. The van der Waals surface area contributed by atoms with Crippen molar-refractivity contribution in [3.63, 3.8) is 0 Å². The average molecular weight is 293 g/mol. The molecule has 0 atom stereocenters. The molecule has 1 nitrogen and oxygen atoms in total. The molecule has 2 heteroatoms. The lowest BCUT2D eigenvalue weighted by Crippen LogP contribution is -2.05. The van der Waals surface area contributed by atoms with Gasteiger partial charge >= 0.3 is 0 Å². The molecule has 0 bridgehead atoms. The maximum atomic E-state index is 12.8. The molecule has 0 amide bonds. The molecule has 1 aliphatic carbocycles. The van der Waals surface area contributed by atoms with Crippen LogP contribution in [0.3, 0.4) is 0 Å². The maximum absolute atomic E-state index is 12.8. The van der Waals surface area contributed by atoms with Crippen molar-refractivity contribution >= 4 is 28.2 Å². The van der Waals surface area contributed by atoms with Gasteiger partial charge in [0.2, 0.25) is 0 Å². The molecule has 0 N–H and O–H groups in total. The molecule has 0 aliphatic heterocycles. The van der Waals surface area contributed by atoms with Crippen molar-refractivity contribution in [3.05, 3.63) is 81.9 Å². The second-order valence-electron chi connectivity index (χ2n) is 5.42. The highest BCUT2D eigenvalue weighted by atomic mass is 35.5. The van der Waals surface area contributed by atoms with Crippen molar-refractivity contribution in [2.75, 3.05) is 0 Å². The standard InChI is InChI=1S/C19H13ClO/c20-17-11-16(19(21)13-5-2-1-3-6-13)14-10-9-12-7-4-8-15(17)18(12)14/h1-8,11H,9-10H2. The molecule has 0 spiro atoms. The summed E-state index contributed by atoms with van der Waals surface area (Å²) in [6, 6.07) is 17.4. The van der Waals surface area contributed by atoms with Crippen LogP contribution >= 0.6 is 11.6 Å². The fourth-order valence-corrected chi connectivity index (χ4v) is 3.52. The number of benzene rings is 3. The zero-order valence-electron chi connectivity index (χ0n) is 11.4. The fourth-order valence-electron chi connectivity index (χ4n) is 3.26. The number of aryl methyl sites for hydroxylation is 2. The Morgan fingerprint density at radius 2 is 1.76 bits per heavy atom. The number of hydrogen-bond acceptors (Lipinski definition) is 1. The summed E-state index contributed by atoms with van der Waals surface area (Å²) in [5.74, 6) is 0.0612. The van der Waals surface area contributed by atoms with Gasteiger partial charge in [-0.3, -0.25) is 4.79 Å². The van der Waals surface area contributed by atoms with Crippen LogP contribution < -0.4 is 0 Å². The minimum Gasteiger partial charge on any atom is -0.289 e. The largest absolute Gasteiger partial charge is 0.289 e. The molecule has 0 saturated carbocycles. The topological polar surface area (TPSA) is 17.1 Å². The van der Waals surface area contributed by atoms with Gasteiger partial charge in [0.25, 0.3) is 0 Å². The van der Waals surface area contributed by atoms with Gasteiger partial charge in [0.15, 0.2) is 5.78 Å². The van der Waals surface area contributed by atoms with Gasteiger partial charge in [-0.2, -0.15) is 0 Å². The molecule has 102 valence electrons. The number of ketones is 1. The van der Waals surface area contributed by atoms with Gasteiger partial charge in [0.1, 0.15) is 0 Å².